The first-order valence-corrected chi connectivity index (χ1v) is 15.3. The summed E-state index contributed by atoms with van der Waals surface area (Å²) in [5.41, 5.74) is 0. The normalized spacial score (nSPS) is 15.8. The fraction of sp³-hybridized carbons (Fsp3) is 0.355. The van der Waals surface area contributed by atoms with Crippen molar-refractivity contribution in [1.29, 1.82) is 0 Å². The number of rotatable bonds is 15. The summed E-state index contributed by atoms with van der Waals surface area (Å²) >= 11 is 2.17. The van der Waals surface area contributed by atoms with E-state index in [0.717, 1.165) is 22.7 Å². The van der Waals surface area contributed by atoms with Gasteiger partial charge in [0.05, 0.1) is 43.6 Å². The minimum Gasteiger partial charge on any atom is -0.493 e. The van der Waals surface area contributed by atoms with Gasteiger partial charge in [-0.05, 0) is 25.5 Å². The second kappa shape index (κ2) is 12.9. The number of ether oxygens (including phenoxy) is 4. The number of fused-ring (bicyclic) bond motifs is 2. The monoisotopic (exact) mass is 646 g/mol. The van der Waals surface area contributed by atoms with Crippen LogP contribution in [0.5, 0.6) is 23.0 Å². The maximum atomic E-state index is 15.5. The maximum Gasteiger partial charge on any atom is 0.303 e. The molecule has 0 unspecified atom stereocenters. The zero-order valence-electron chi connectivity index (χ0n) is 24.0. The number of halogens is 2. The lowest BCUT2D eigenvalue weighted by molar-refractivity contribution is -0.137. The first kappa shape index (κ1) is 31.3. The molecule has 1 fully saturated rings. The molecule has 0 amide bonds. The quantitative estimate of drug-likeness (QED) is 0.111. The molecule has 0 bridgehead atoms. The Morgan fingerprint density at radius 1 is 0.818 bits per heavy atom. The topological polar surface area (TPSA) is 125 Å². The van der Waals surface area contributed by atoms with Crippen LogP contribution in [0.1, 0.15) is 52.0 Å². The molecule has 2 atom stereocenters. The largest absolute Gasteiger partial charge is 0.493 e. The van der Waals surface area contributed by atoms with E-state index < -0.39 is 23.4 Å². The van der Waals surface area contributed by atoms with E-state index in [1.165, 1.54) is 33.3 Å². The van der Waals surface area contributed by atoms with Crippen LogP contribution in [0.2, 0.25) is 0 Å². The lowest BCUT2D eigenvalue weighted by Crippen LogP contribution is -2.08. The summed E-state index contributed by atoms with van der Waals surface area (Å²) < 4.78 is 53.9. The van der Waals surface area contributed by atoms with Gasteiger partial charge >= 0.3 is 5.97 Å². The highest BCUT2D eigenvalue weighted by Gasteiger charge is 2.46. The van der Waals surface area contributed by atoms with Crippen LogP contribution < -0.4 is 18.9 Å². The third kappa shape index (κ3) is 6.25. The third-order valence-corrected chi connectivity index (χ3v) is 9.54. The van der Waals surface area contributed by atoms with Crippen molar-refractivity contribution in [1.82, 2.24) is 0 Å². The van der Waals surface area contributed by atoms with Crippen LogP contribution in [0.25, 0.3) is 20.2 Å². The van der Waals surface area contributed by atoms with E-state index >= 15 is 8.78 Å². The molecule has 1 aliphatic carbocycles. The minimum absolute atomic E-state index is 0.00999. The molecule has 2 aromatic heterocycles. The highest BCUT2D eigenvalue weighted by atomic mass is 32.1. The standard InChI is InChI=1S/C31H28F2O9S2/c1-14(34)15-9-16(15)29(38)25-11-18-23(44-25)13-21(40-3)31(28(18)33)42-8-4-7-41-30-20(39-2)12-22-17(27(30)32)10-24(43-22)19(35)5-6-26(36)37/h10-13,15-16H,4-9H2,1-3H3,(H,36,37)/t15-,16+/m0/s1. The van der Waals surface area contributed by atoms with Gasteiger partial charge in [0.15, 0.2) is 46.2 Å². The number of ketones is 3. The Balaban J connectivity index is 1.25. The van der Waals surface area contributed by atoms with Crippen LogP contribution in [-0.2, 0) is 9.59 Å². The van der Waals surface area contributed by atoms with Gasteiger partial charge in [-0.1, -0.05) is 0 Å². The number of aliphatic carboxylic acids is 1. The van der Waals surface area contributed by atoms with Crippen molar-refractivity contribution in [3.63, 3.8) is 0 Å². The number of thiophene rings is 2. The van der Waals surface area contributed by atoms with E-state index in [4.69, 9.17) is 24.1 Å². The molecule has 44 heavy (non-hydrogen) atoms. The van der Waals surface area contributed by atoms with Crippen molar-refractivity contribution in [2.24, 2.45) is 11.8 Å². The highest BCUT2D eigenvalue weighted by molar-refractivity contribution is 7.21. The number of carboxylic acids is 1. The van der Waals surface area contributed by atoms with Crippen molar-refractivity contribution in [3.05, 3.63) is 45.7 Å². The van der Waals surface area contributed by atoms with Crippen LogP contribution >= 0.6 is 22.7 Å². The molecule has 0 aliphatic heterocycles. The van der Waals surface area contributed by atoms with Gasteiger partial charge in [0.2, 0.25) is 0 Å². The fourth-order valence-corrected chi connectivity index (χ4v) is 7.04. The van der Waals surface area contributed by atoms with Gasteiger partial charge in [0, 0.05) is 57.0 Å². The van der Waals surface area contributed by atoms with Gasteiger partial charge in [-0.2, -0.15) is 0 Å². The lowest BCUT2D eigenvalue weighted by Gasteiger charge is -2.14. The Hall–Kier alpha value is -4.10. The molecule has 0 spiro atoms. The first-order valence-electron chi connectivity index (χ1n) is 13.7. The third-order valence-electron chi connectivity index (χ3n) is 7.32. The number of Topliss-reactive ketones (excluding diaryl/α,β-unsaturated/α-hetero) is 3. The molecule has 232 valence electrons. The Morgan fingerprint density at radius 3 is 1.82 bits per heavy atom. The molecule has 1 saturated carbocycles. The van der Waals surface area contributed by atoms with Crippen LogP contribution in [-0.4, -0.2) is 55.9 Å². The van der Waals surface area contributed by atoms with E-state index in [1.807, 2.05) is 0 Å². The van der Waals surface area contributed by atoms with E-state index in [0.29, 0.717) is 20.7 Å². The predicted molar refractivity (Wildman–Crippen MR) is 160 cm³/mol. The smallest absolute Gasteiger partial charge is 0.303 e. The average molecular weight is 647 g/mol. The van der Waals surface area contributed by atoms with Crippen LogP contribution in [0.3, 0.4) is 0 Å². The summed E-state index contributed by atoms with van der Waals surface area (Å²) in [6, 6.07) is 5.99. The Morgan fingerprint density at radius 2 is 1.34 bits per heavy atom. The second-order valence-corrected chi connectivity index (χ2v) is 12.4. The van der Waals surface area contributed by atoms with Gasteiger partial charge in [-0.3, -0.25) is 19.2 Å². The van der Waals surface area contributed by atoms with Crippen LogP contribution in [0.15, 0.2) is 24.3 Å². The predicted octanol–water partition coefficient (Wildman–Crippen LogP) is 6.71. The number of carbonyl (C=O) groups excluding carboxylic acids is 3. The fourth-order valence-electron chi connectivity index (χ4n) is 4.90. The number of carbonyl (C=O) groups is 4. The van der Waals surface area contributed by atoms with Crippen LogP contribution in [0.4, 0.5) is 8.78 Å². The summed E-state index contributed by atoms with van der Waals surface area (Å²) in [6.45, 7) is 1.43. The molecule has 4 aromatic rings. The number of hydrogen-bond donors (Lipinski definition) is 1. The van der Waals surface area contributed by atoms with Gasteiger partial charge < -0.3 is 24.1 Å². The summed E-state index contributed by atoms with van der Waals surface area (Å²) in [5.74, 6) is -3.77. The SMILES string of the molecule is COc1cc2sc(C(=O)CCC(=O)O)cc2c(F)c1OCCCOc1c(OC)cc2sc(C(=O)[C@@H]3C[C@H]3C(C)=O)cc2c1F. The van der Waals surface area contributed by atoms with Crippen molar-refractivity contribution in [2.45, 2.75) is 32.6 Å². The molecule has 13 heteroatoms. The maximum absolute atomic E-state index is 15.5. The molecule has 2 aromatic carbocycles. The van der Waals surface area contributed by atoms with E-state index in [-0.39, 0.29) is 94.5 Å². The lowest BCUT2D eigenvalue weighted by atomic mass is 10.1. The molecule has 0 radical (unpaired) electrons. The Kier molecular flexibility index (Phi) is 9.16. The number of carboxylic acid groups (broad SMARTS) is 1. The number of methoxy groups -OCH3 is 2. The van der Waals surface area contributed by atoms with E-state index in [9.17, 15) is 19.2 Å². The summed E-state index contributed by atoms with van der Waals surface area (Å²) in [7, 11) is 2.72. The molecular weight excluding hydrogens is 618 g/mol. The van der Waals surface area contributed by atoms with Gasteiger partial charge in [0.25, 0.3) is 0 Å². The van der Waals surface area contributed by atoms with Crippen LogP contribution in [0, 0.1) is 23.5 Å². The van der Waals surface area contributed by atoms with Crippen molar-refractivity contribution in [2.75, 3.05) is 27.4 Å². The summed E-state index contributed by atoms with van der Waals surface area (Å²) in [5, 5.41) is 9.19. The second-order valence-electron chi connectivity index (χ2n) is 10.3. The van der Waals surface area contributed by atoms with Crippen molar-refractivity contribution >= 4 is 66.2 Å². The van der Waals surface area contributed by atoms with E-state index in [1.54, 1.807) is 12.1 Å². The Labute approximate surface area is 258 Å². The summed E-state index contributed by atoms with van der Waals surface area (Å²) in [6.07, 6.45) is 0.217. The molecule has 1 N–H and O–H groups in total. The summed E-state index contributed by atoms with van der Waals surface area (Å²) in [4.78, 5) is 48.2. The van der Waals surface area contributed by atoms with E-state index in [2.05, 4.69) is 0 Å². The van der Waals surface area contributed by atoms with Gasteiger partial charge in [-0.15, -0.1) is 22.7 Å². The number of benzene rings is 2. The molecule has 9 nitrogen and oxygen atoms in total. The van der Waals surface area contributed by atoms with Crippen molar-refractivity contribution < 1.29 is 52.0 Å². The first-order chi connectivity index (χ1) is 21.0. The average Bonchev–Trinajstić information content (AvgIpc) is 3.50. The Bertz CT molecular complexity index is 1790. The molecule has 5 rings (SSSR count). The molecule has 1 aliphatic rings. The minimum atomic E-state index is -1.10. The molecular formula is C31H28F2O9S2. The van der Waals surface area contributed by atoms with Gasteiger partial charge in [0.1, 0.15) is 5.78 Å². The molecule has 0 saturated heterocycles. The van der Waals surface area contributed by atoms with Gasteiger partial charge in [-0.25, -0.2) is 8.78 Å². The zero-order valence-corrected chi connectivity index (χ0v) is 25.6. The zero-order chi connectivity index (χ0) is 31.7. The highest BCUT2D eigenvalue weighted by Crippen LogP contribution is 2.45. The van der Waals surface area contributed by atoms with Crippen molar-refractivity contribution in [3.8, 4) is 23.0 Å². The number of hydrogen-bond acceptors (Lipinski definition) is 10. The molecule has 2 heterocycles.